The van der Waals surface area contributed by atoms with Gasteiger partial charge < -0.3 is 47.9 Å². The van der Waals surface area contributed by atoms with Crippen molar-refractivity contribution in [3.63, 3.8) is 0 Å². The largest absolute Gasteiger partial charge is 0.311 e. The van der Waals surface area contributed by atoms with Gasteiger partial charge in [0.1, 0.15) is 52.0 Å². The summed E-state index contributed by atoms with van der Waals surface area (Å²) in [7, 11) is 16.5. The smallest absolute Gasteiger partial charge is 0.149 e. The minimum absolute atomic E-state index is 0.0208. The first-order valence-electron chi connectivity index (χ1n) is 35.1. The van der Waals surface area contributed by atoms with Gasteiger partial charge in [0.2, 0.25) is 0 Å². The van der Waals surface area contributed by atoms with Crippen LogP contribution in [0.15, 0.2) is 54.6 Å². The molecule has 0 saturated heterocycles. The zero-order valence-electron chi connectivity index (χ0n) is 65.1. The van der Waals surface area contributed by atoms with Crippen LogP contribution < -0.4 is 47.9 Å². The van der Waals surface area contributed by atoms with Gasteiger partial charge in [0, 0.05) is 0 Å². The number of hydrogen-bond donors (Lipinski definition) is 9. The lowest BCUT2D eigenvalue weighted by Crippen LogP contribution is -2.50. The molecule has 3 saturated carbocycles. The van der Waals surface area contributed by atoms with Crippen LogP contribution in [-0.2, 0) is 49.6 Å². The average molecular weight is 1340 g/mol. The van der Waals surface area contributed by atoms with Crippen LogP contribution in [-0.4, -0.2) is 168 Å². The molecule has 0 spiro atoms. The fourth-order valence-corrected chi connectivity index (χ4v) is 10.9. The summed E-state index contributed by atoms with van der Waals surface area (Å²) in [6.45, 7) is 33.1. The molecule has 0 radical (unpaired) electrons. The summed E-state index contributed by atoms with van der Waals surface area (Å²) in [4.78, 5) is 98.4. The molecule has 2 aromatic rings. The van der Waals surface area contributed by atoms with Crippen LogP contribution in [0.5, 0.6) is 0 Å². The number of benzene rings is 2. The molecule has 9 N–H and O–H groups in total. The maximum Gasteiger partial charge on any atom is 0.149 e. The van der Waals surface area contributed by atoms with Crippen molar-refractivity contribution in [2.75, 3.05) is 63.4 Å². The van der Waals surface area contributed by atoms with E-state index in [1.165, 1.54) is 48.8 Å². The second kappa shape index (κ2) is 52.2. The Morgan fingerprint density at radius 3 is 0.989 bits per heavy atom. The lowest BCUT2D eigenvalue weighted by molar-refractivity contribution is -0.124. The highest BCUT2D eigenvalue weighted by molar-refractivity contribution is 5.89. The molecule has 0 aromatic heterocycles. The quantitative estimate of drug-likeness (QED) is 0.0383. The van der Waals surface area contributed by atoms with Gasteiger partial charge in [0.15, 0.2) is 0 Å². The van der Waals surface area contributed by atoms with E-state index >= 15 is 0 Å². The Balaban J connectivity index is -0.000000498. The van der Waals surface area contributed by atoms with E-state index in [9.17, 15) is 43.2 Å². The van der Waals surface area contributed by atoms with Gasteiger partial charge in [0.25, 0.3) is 0 Å². The highest BCUT2D eigenvalue weighted by Crippen LogP contribution is 2.35. The minimum atomic E-state index is -0.347. The van der Waals surface area contributed by atoms with Crippen molar-refractivity contribution in [3.05, 3.63) is 60.2 Å². The summed E-state index contributed by atoms with van der Waals surface area (Å²) in [6.07, 6.45) is 19.2. The van der Waals surface area contributed by atoms with E-state index in [1.807, 2.05) is 88.3 Å². The van der Waals surface area contributed by atoms with Gasteiger partial charge in [-0.2, -0.15) is 0 Å². The summed E-state index contributed by atoms with van der Waals surface area (Å²) in [5.74, 6) is 2.82. The number of nitrogens with one attached hydrogen (secondary N) is 9. The van der Waals surface area contributed by atoms with E-state index in [0.717, 1.165) is 83.5 Å². The van der Waals surface area contributed by atoms with Crippen LogP contribution in [0, 0.1) is 11.3 Å². The number of ketones is 9. The van der Waals surface area contributed by atoms with Crippen LogP contribution in [0.25, 0.3) is 11.1 Å². The second-order valence-electron chi connectivity index (χ2n) is 27.7. The molecule has 3 fully saturated rings. The molecule has 5 rings (SSSR count). The Kier molecular flexibility index (Phi) is 53.0. The molecule has 0 heterocycles. The van der Waals surface area contributed by atoms with Crippen LogP contribution >= 0.6 is 0 Å². The molecule has 3 aliphatic rings. The van der Waals surface area contributed by atoms with Crippen LogP contribution in [0.2, 0.25) is 0 Å². The van der Waals surface area contributed by atoms with Crippen molar-refractivity contribution in [2.45, 2.75) is 293 Å². The summed E-state index contributed by atoms with van der Waals surface area (Å²) < 4.78 is 0. The molecule has 5 atom stereocenters. The van der Waals surface area contributed by atoms with E-state index < -0.39 is 0 Å². The molecule has 0 bridgehead atoms. The number of hydrogen-bond acceptors (Lipinski definition) is 18. The number of carbonyl (C=O) groups is 9. The Hall–Kier alpha value is -4.89. The third kappa shape index (κ3) is 41.2. The number of unbranched alkanes of at least 4 members (excludes halogenated alkanes) is 1. The maximum absolute atomic E-state index is 11.4. The van der Waals surface area contributed by atoms with E-state index in [2.05, 4.69) is 126 Å². The Bertz CT molecular complexity index is 2440. The van der Waals surface area contributed by atoms with Crippen LogP contribution in [0.1, 0.15) is 239 Å². The van der Waals surface area contributed by atoms with Crippen LogP contribution in [0.4, 0.5) is 0 Å². The second-order valence-corrected chi connectivity index (χ2v) is 27.7. The third-order valence-corrected chi connectivity index (χ3v) is 18.6. The van der Waals surface area contributed by atoms with Gasteiger partial charge >= 0.3 is 0 Å². The van der Waals surface area contributed by atoms with Crippen molar-refractivity contribution < 1.29 is 43.2 Å². The first kappa shape index (κ1) is 96.5. The molecule has 18 nitrogen and oxygen atoms in total. The predicted molar refractivity (Wildman–Crippen MR) is 399 cm³/mol. The number of Topliss-reactive ketones (excluding diaryl/α,β-unsaturated/α-hetero) is 9. The first-order valence-corrected chi connectivity index (χ1v) is 35.1. The number of likely N-dealkylation sites (N-methyl/N-ethyl adjacent to an activating group) is 9. The number of rotatable bonds is 28. The van der Waals surface area contributed by atoms with E-state index in [-0.39, 0.29) is 98.3 Å². The lowest BCUT2D eigenvalue weighted by atomic mass is 9.79. The van der Waals surface area contributed by atoms with Gasteiger partial charge in [-0.15, -0.1) is 0 Å². The van der Waals surface area contributed by atoms with E-state index in [0.29, 0.717) is 17.5 Å². The Morgan fingerprint density at radius 2 is 0.779 bits per heavy atom. The zero-order chi connectivity index (χ0) is 74.3. The fourth-order valence-electron chi connectivity index (χ4n) is 10.9. The van der Waals surface area contributed by atoms with Gasteiger partial charge in [-0.25, -0.2) is 0 Å². The van der Waals surface area contributed by atoms with Crippen molar-refractivity contribution in [1.82, 2.24) is 47.9 Å². The molecule has 2 aromatic carbocycles. The summed E-state index contributed by atoms with van der Waals surface area (Å²) in [5, 5.41) is 27.1. The monoisotopic (exact) mass is 1340 g/mol. The van der Waals surface area contributed by atoms with Crippen molar-refractivity contribution in [1.29, 1.82) is 0 Å². The van der Waals surface area contributed by atoms with Crippen LogP contribution in [0.3, 0.4) is 0 Å². The van der Waals surface area contributed by atoms with Crippen molar-refractivity contribution in [3.8, 4) is 11.1 Å². The molecule has 0 amide bonds. The molecule has 548 valence electrons. The Labute approximate surface area is 579 Å². The zero-order valence-corrected chi connectivity index (χ0v) is 65.1. The molecule has 0 aliphatic heterocycles. The first-order chi connectivity index (χ1) is 44.2. The average Bonchev–Trinajstić information content (AvgIpc) is 1.71. The van der Waals surface area contributed by atoms with Gasteiger partial charge in [-0.1, -0.05) is 148 Å². The van der Waals surface area contributed by atoms with E-state index in [1.54, 1.807) is 76.4 Å². The molecule has 95 heavy (non-hydrogen) atoms. The van der Waals surface area contributed by atoms with E-state index in [4.69, 9.17) is 0 Å². The standard InChI is InChI=1S/C17H19NO.C9H17NO.C9H19NO.C8H15NO.2C8H17NO.C6H11NO.2C6H13NO/c1-13(19)17(18-2)12-14-8-10-16(11-9-14)15-6-4-3-5-7-15;1-8(11)9(10-2)6-4-3-5-7-9;1-7(2)5-6-9(10-4)8(3)11;1-7(10)8(9-2)5-3-4-6-8;1-6(10)7(9-5)8(2,3)4;1-4-5-6-8(9-3)7(2)10;1-5(8)6(7-2)3-4-6;1-5(8)6(2,3)7-4;1-4-6(7-3)5(2)8/h3-11,17-18H,12H2,1-2H3;10H,3-7H2,1-2H3;7,9-10H,5-6H2,1-4H3;9H,3-6H2,1-2H3;7,9H,1-5H3;8-9H,4-6H2,1-3H3;7H,3-4H2,1-2H3;7H,1-4H3;6-7H,4H2,1-3H3/t17-;;9-;;7-;8-;;;6-/m0.0.10..0/s1. The molecule has 18 heteroatoms. The molecular formula is C77H141N9O9. The molecule has 0 unspecified atom stereocenters. The number of carbonyl (C=O) groups excluding carboxylic acids is 9. The normalized spacial score (nSPS) is 16.0. The molecule has 3 aliphatic carbocycles. The van der Waals surface area contributed by atoms with Gasteiger partial charge in [-0.3, -0.25) is 43.2 Å². The topological polar surface area (TPSA) is 262 Å². The third-order valence-electron chi connectivity index (χ3n) is 18.6. The molecular weight excluding hydrogens is 1190 g/mol. The van der Waals surface area contributed by atoms with Crippen molar-refractivity contribution in [2.24, 2.45) is 11.3 Å². The van der Waals surface area contributed by atoms with Gasteiger partial charge in [0.05, 0.1) is 52.4 Å². The summed E-state index contributed by atoms with van der Waals surface area (Å²) in [5.41, 5.74) is 2.85. The summed E-state index contributed by atoms with van der Waals surface area (Å²) in [6, 6.07) is 18.8. The Morgan fingerprint density at radius 1 is 0.421 bits per heavy atom. The maximum atomic E-state index is 11.4. The SMILES string of the molecule is CCCC[C@H](NC)C(C)=O.CC[C@H](NC)C(C)=O.CNC(C)(C)C(C)=O.CNC1(C(C)=O)CC1.CNC1(C(C)=O)CCCC1.CNC1(C(C)=O)CCCCC1.CN[C@@H](CCC(C)C)C(C)=O.CN[C@@H](Cc1ccc(-c2ccccc2)cc1)C(C)=O.CN[C@H](C(C)=O)C(C)(C)C. The summed E-state index contributed by atoms with van der Waals surface area (Å²) >= 11 is 0. The highest BCUT2D eigenvalue weighted by Gasteiger charge is 2.45. The van der Waals surface area contributed by atoms with Gasteiger partial charge in [-0.05, 0) is 238 Å². The predicted octanol–water partition coefficient (Wildman–Crippen LogP) is 11.3. The fraction of sp³-hybridized carbons (Fsp3) is 0.727. The minimum Gasteiger partial charge on any atom is -0.311 e. The highest BCUT2D eigenvalue weighted by atomic mass is 16.2. The van der Waals surface area contributed by atoms with Crippen molar-refractivity contribution >= 4 is 52.0 Å². The lowest BCUT2D eigenvalue weighted by Gasteiger charge is -2.34.